The molecule has 21 heteroatoms. The van der Waals surface area contributed by atoms with Crippen molar-refractivity contribution >= 4 is 105 Å². The molecule has 2 aliphatic rings. The Bertz CT molecular complexity index is 3300. The van der Waals surface area contributed by atoms with Crippen LogP contribution in [0.25, 0.3) is 21.8 Å². The van der Waals surface area contributed by atoms with Crippen LogP contribution >= 0.6 is 46.2 Å². The fourth-order valence-electron chi connectivity index (χ4n) is 9.46. The number of hydrogen-bond acceptors (Lipinski definition) is 17. The number of methoxy groups -OCH3 is 1. The zero-order valence-electron chi connectivity index (χ0n) is 46.6. The summed E-state index contributed by atoms with van der Waals surface area (Å²) in [4.78, 5) is 81.2. The number of aromatic nitrogens is 2. The predicted molar refractivity (Wildman–Crippen MR) is 327 cm³/mol. The molecule has 0 bridgehead atoms. The summed E-state index contributed by atoms with van der Waals surface area (Å²) in [6.07, 6.45) is -1.49. The number of nitrogens with zero attached hydrogens (tertiary/aromatic N) is 3. The SMILES string of the molecule is COC(=O)[C@H](CSC(C)(NC(=O)OCC1c2ccccc2-c2ccccc21)C(=O)OC(C)(C)C)NC(=O)[C@@H]1CSC(c2csc(-c3csc([C@H](CO[Si](c4ccccc4)(c4ccccc4)c4ccccc4)NC(=O)OC(C)(C)C)n3)n2)=N1. The maximum Gasteiger partial charge on any atom is 0.408 e. The molecule has 1 aliphatic carbocycles. The minimum absolute atomic E-state index is 0.000309. The van der Waals surface area contributed by atoms with Crippen LogP contribution in [0, 0.1) is 0 Å². The Morgan fingerprint density at radius 3 is 1.78 bits per heavy atom. The fraction of sp³-hybridized carbons (Fsp3) is 0.311. The van der Waals surface area contributed by atoms with Gasteiger partial charge in [-0.1, -0.05) is 140 Å². The number of amides is 3. The molecule has 82 heavy (non-hydrogen) atoms. The highest BCUT2D eigenvalue weighted by atomic mass is 32.2. The van der Waals surface area contributed by atoms with E-state index in [2.05, 4.69) is 52.3 Å². The summed E-state index contributed by atoms with van der Waals surface area (Å²) in [5.74, 6) is -2.27. The van der Waals surface area contributed by atoms with Gasteiger partial charge in [-0.05, 0) is 86.3 Å². The van der Waals surface area contributed by atoms with Crippen LogP contribution < -0.4 is 31.5 Å². The van der Waals surface area contributed by atoms with Crippen LogP contribution in [-0.4, -0.2) is 113 Å². The number of alkyl carbamates (subject to hydrolysis) is 2. The van der Waals surface area contributed by atoms with Gasteiger partial charge in [0.1, 0.15) is 62.4 Å². The molecule has 16 nitrogen and oxygen atoms in total. The Morgan fingerprint density at radius 1 is 0.671 bits per heavy atom. The van der Waals surface area contributed by atoms with Crippen molar-refractivity contribution in [1.82, 2.24) is 25.9 Å². The number of esters is 2. The third kappa shape index (κ3) is 14.0. The van der Waals surface area contributed by atoms with Crippen LogP contribution in [0.3, 0.4) is 0 Å². The monoisotopic (exact) mass is 1200 g/mol. The third-order valence-corrected chi connectivity index (χ3v) is 21.5. The number of thioether (sulfide) groups is 2. The molecule has 3 amide bonds. The third-order valence-electron chi connectivity index (χ3n) is 13.2. The second-order valence-corrected chi connectivity index (χ2v) is 29.1. The maximum absolute atomic E-state index is 14.0. The number of benzene rings is 5. The number of hydrogen-bond donors (Lipinski definition) is 3. The summed E-state index contributed by atoms with van der Waals surface area (Å²) in [6, 6.07) is 43.6. The van der Waals surface area contributed by atoms with Crippen molar-refractivity contribution in [2.24, 2.45) is 4.99 Å². The van der Waals surface area contributed by atoms with Gasteiger partial charge in [-0.25, -0.2) is 29.1 Å². The molecular formula is C61H64N6O10S4Si. The minimum Gasteiger partial charge on any atom is -0.467 e. The largest absolute Gasteiger partial charge is 0.467 e. The molecule has 3 heterocycles. The van der Waals surface area contributed by atoms with Gasteiger partial charge in [0.25, 0.3) is 8.32 Å². The molecule has 0 spiro atoms. The molecule has 426 valence electrons. The first-order valence-electron chi connectivity index (χ1n) is 26.5. The van der Waals surface area contributed by atoms with E-state index in [4.69, 9.17) is 38.3 Å². The molecule has 7 aromatic rings. The summed E-state index contributed by atoms with van der Waals surface area (Å²) < 4.78 is 29.7. The Morgan fingerprint density at radius 2 is 1.22 bits per heavy atom. The van der Waals surface area contributed by atoms with Gasteiger partial charge in [0.2, 0.25) is 5.91 Å². The van der Waals surface area contributed by atoms with Gasteiger partial charge in [-0.15, -0.1) is 46.2 Å². The second kappa shape index (κ2) is 25.6. The first-order valence-corrected chi connectivity index (χ1v) is 32.2. The molecule has 1 unspecified atom stereocenters. The number of fused-ring (bicyclic) bond motifs is 3. The summed E-state index contributed by atoms with van der Waals surface area (Å²) in [6.45, 7) is 12.1. The van der Waals surface area contributed by atoms with Crippen molar-refractivity contribution in [2.45, 2.75) is 88.6 Å². The van der Waals surface area contributed by atoms with E-state index in [0.717, 1.165) is 49.6 Å². The van der Waals surface area contributed by atoms with Crippen molar-refractivity contribution in [3.8, 4) is 21.8 Å². The minimum atomic E-state index is -3.20. The Hall–Kier alpha value is -7.14. The Labute approximate surface area is 494 Å². The van der Waals surface area contributed by atoms with Crippen LogP contribution in [0.2, 0.25) is 0 Å². The molecule has 2 aromatic heterocycles. The summed E-state index contributed by atoms with van der Waals surface area (Å²) in [5.41, 5.74) is 3.60. The van der Waals surface area contributed by atoms with E-state index in [1.165, 1.54) is 48.5 Å². The first-order chi connectivity index (χ1) is 39.2. The van der Waals surface area contributed by atoms with Crippen molar-refractivity contribution in [3.05, 3.63) is 172 Å². The van der Waals surface area contributed by atoms with E-state index >= 15 is 0 Å². The van der Waals surface area contributed by atoms with Gasteiger partial charge in [-0.3, -0.25) is 15.1 Å². The number of ether oxygens (including phenoxy) is 4. The van der Waals surface area contributed by atoms with Gasteiger partial charge in [0.15, 0.2) is 4.87 Å². The fourth-order valence-corrected chi connectivity index (χ4v) is 17.1. The van der Waals surface area contributed by atoms with E-state index in [-0.39, 0.29) is 30.6 Å². The number of rotatable bonds is 20. The second-order valence-electron chi connectivity index (χ2n) is 21.5. The average molecular weight is 1200 g/mol. The van der Waals surface area contributed by atoms with Crippen molar-refractivity contribution in [3.63, 3.8) is 0 Å². The van der Waals surface area contributed by atoms with Gasteiger partial charge in [-0.2, -0.15) is 0 Å². The smallest absolute Gasteiger partial charge is 0.408 e. The van der Waals surface area contributed by atoms with E-state index < -0.39 is 72.5 Å². The van der Waals surface area contributed by atoms with E-state index in [9.17, 15) is 24.0 Å². The topological polar surface area (TPSA) is 206 Å². The molecule has 4 atom stereocenters. The zero-order chi connectivity index (χ0) is 58.2. The zero-order valence-corrected chi connectivity index (χ0v) is 50.9. The van der Waals surface area contributed by atoms with Gasteiger partial charge >= 0.3 is 24.1 Å². The number of nitrogens with one attached hydrogen (secondary N) is 3. The molecule has 5 aromatic carbocycles. The van der Waals surface area contributed by atoms with Gasteiger partial charge in [0.05, 0.1) is 13.7 Å². The molecule has 0 saturated heterocycles. The number of aliphatic imine (C=N–C) groups is 1. The summed E-state index contributed by atoms with van der Waals surface area (Å²) in [7, 11) is -2.00. The molecule has 0 fully saturated rings. The Balaban J connectivity index is 0.885. The van der Waals surface area contributed by atoms with E-state index in [1.54, 1.807) is 41.5 Å². The van der Waals surface area contributed by atoms with Crippen molar-refractivity contribution < 1.29 is 47.3 Å². The van der Waals surface area contributed by atoms with Crippen molar-refractivity contribution in [2.75, 3.05) is 31.8 Å². The average Bonchev–Trinajstić information content (AvgIpc) is 4.43. The van der Waals surface area contributed by atoms with Crippen LogP contribution in [0.5, 0.6) is 0 Å². The molecule has 0 saturated carbocycles. The lowest BCUT2D eigenvalue weighted by Gasteiger charge is -2.34. The highest BCUT2D eigenvalue weighted by Gasteiger charge is 2.45. The normalized spacial score (nSPS) is 15.6. The standard InChI is InChI=1S/C61H64N6O10S4Si/c1-59(2,3)76-56(70)61(7,67-58(72)74-32-45-43-30-20-18-28-41(43)42-29-19-21-31-44(42)45)81-37-50(55(69)73-8)62-51(68)47-34-78-53(63-47)48-36-80-54(65-48)49-35-79-52(64-49)46(66-57(71)77-60(4,5)6)33-75-82(38-22-12-9-13-23-38,39-24-14-10-15-25-39)40-26-16-11-17-27-40/h9-31,35-36,45-47,50H,32-34,37H2,1-8H3,(H,62,68)(H,66,71)(H,67,72)/t46-,47-,50-,61?/m0/s1. The molecule has 3 N–H and O–H groups in total. The van der Waals surface area contributed by atoms with E-state index in [0.29, 0.717) is 26.4 Å². The van der Waals surface area contributed by atoms with Crippen LogP contribution in [0.15, 0.2) is 155 Å². The van der Waals surface area contributed by atoms with Crippen LogP contribution in [0.1, 0.15) is 82.3 Å². The Kier molecular flexibility index (Phi) is 18.5. The molecular weight excluding hydrogens is 1130 g/mol. The lowest BCUT2D eigenvalue weighted by Crippen LogP contribution is -2.69. The van der Waals surface area contributed by atoms with Gasteiger partial charge in [0, 0.05) is 28.2 Å². The summed E-state index contributed by atoms with van der Waals surface area (Å²) >= 11 is 4.95. The lowest BCUT2D eigenvalue weighted by atomic mass is 9.98. The van der Waals surface area contributed by atoms with Crippen LogP contribution in [0.4, 0.5) is 9.59 Å². The maximum atomic E-state index is 14.0. The molecule has 9 rings (SSSR count). The van der Waals surface area contributed by atoms with Crippen LogP contribution in [-0.2, 0) is 37.8 Å². The number of thiazole rings is 2. The molecule has 0 radical (unpaired) electrons. The lowest BCUT2D eigenvalue weighted by molar-refractivity contribution is -0.158. The van der Waals surface area contributed by atoms with E-state index in [1.807, 2.05) is 114 Å². The highest BCUT2D eigenvalue weighted by molar-refractivity contribution is 8.14. The first kappa shape index (κ1) is 59.5. The van der Waals surface area contributed by atoms with Crippen molar-refractivity contribution in [1.29, 1.82) is 0 Å². The highest BCUT2D eigenvalue weighted by Crippen LogP contribution is 2.44. The predicted octanol–water partition coefficient (Wildman–Crippen LogP) is 9.37. The number of carbonyl (C=O) groups excluding carboxylic acids is 5. The number of carbonyl (C=O) groups is 5. The van der Waals surface area contributed by atoms with Gasteiger partial charge < -0.3 is 34.0 Å². The molecule has 1 aliphatic heterocycles. The quantitative estimate of drug-likeness (QED) is 0.0214. The summed E-state index contributed by atoms with van der Waals surface area (Å²) in [5, 5.41) is 17.0.